The fourth-order valence-electron chi connectivity index (χ4n) is 4.62. The van der Waals surface area contributed by atoms with E-state index in [-0.39, 0.29) is 0 Å². The molecule has 1 aromatic heterocycles. The first-order chi connectivity index (χ1) is 10.8. The second-order valence-electron chi connectivity index (χ2n) is 7.25. The lowest BCUT2D eigenvalue weighted by Crippen LogP contribution is -2.39. The highest BCUT2D eigenvalue weighted by Gasteiger charge is 2.42. The summed E-state index contributed by atoms with van der Waals surface area (Å²) >= 11 is 1.97. The van der Waals surface area contributed by atoms with Crippen molar-refractivity contribution in [3.05, 3.63) is 21.9 Å². The predicted molar refractivity (Wildman–Crippen MR) is 91.4 cm³/mol. The van der Waals surface area contributed by atoms with Crippen molar-refractivity contribution in [3.63, 3.8) is 0 Å². The highest BCUT2D eigenvalue weighted by atomic mass is 32.1. The number of fused-ring (bicyclic) bond motifs is 1. The molecule has 22 heavy (non-hydrogen) atoms. The van der Waals surface area contributed by atoms with E-state index >= 15 is 0 Å². The third kappa shape index (κ3) is 3.12. The summed E-state index contributed by atoms with van der Waals surface area (Å²) in [6.07, 6.45) is 5.29. The van der Waals surface area contributed by atoms with Crippen molar-refractivity contribution in [2.75, 3.05) is 32.8 Å². The molecule has 4 rings (SSSR count). The second kappa shape index (κ2) is 6.60. The minimum absolute atomic E-state index is 0.808. The Morgan fingerprint density at radius 1 is 1.05 bits per heavy atom. The Morgan fingerprint density at radius 2 is 1.77 bits per heavy atom. The lowest BCUT2D eigenvalue weighted by atomic mass is 9.99. The Labute approximate surface area is 138 Å². The maximum absolute atomic E-state index is 5.51. The number of hydrogen-bond acceptors (Lipinski definition) is 4. The Balaban J connectivity index is 1.34. The van der Waals surface area contributed by atoms with E-state index in [0.717, 1.165) is 31.2 Å². The molecule has 0 aliphatic carbocycles. The summed E-state index contributed by atoms with van der Waals surface area (Å²) in [6.45, 7) is 9.27. The van der Waals surface area contributed by atoms with Gasteiger partial charge >= 0.3 is 0 Å². The molecular formula is C18H28N2OS. The standard InChI is InChI=1S/C18H28N2OS/c1-14-2-3-16(22-14)13-20-9-5-17-18(20)4-8-19(17)12-15-6-10-21-11-7-15/h2-3,15,17-18H,4-13H2,1H3/t17-,18-/m0/s1. The molecule has 3 aliphatic rings. The van der Waals surface area contributed by atoms with Crippen LogP contribution in [-0.2, 0) is 11.3 Å². The monoisotopic (exact) mass is 320 g/mol. The summed E-state index contributed by atoms with van der Waals surface area (Å²) in [5.41, 5.74) is 0. The van der Waals surface area contributed by atoms with Crippen LogP contribution < -0.4 is 0 Å². The topological polar surface area (TPSA) is 15.7 Å². The zero-order valence-electron chi connectivity index (χ0n) is 13.7. The number of likely N-dealkylation sites (tertiary alicyclic amines) is 2. The van der Waals surface area contributed by atoms with Crippen LogP contribution in [0.25, 0.3) is 0 Å². The molecule has 0 aromatic carbocycles. The third-order valence-corrected chi connectivity index (χ3v) is 6.78. The first-order valence-corrected chi connectivity index (χ1v) is 9.72. The number of rotatable bonds is 4. The molecule has 0 N–H and O–H groups in total. The Bertz CT molecular complexity index is 497. The number of hydrogen-bond donors (Lipinski definition) is 0. The summed E-state index contributed by atoms with van der Waals surface area (Å²) < 4.78 is 5.51. The number of thiophene rings is 1. The zero-order valence-corrected chi connectivity index (χ0v) is 14.5. The van der Waals surface area contributed by atoms with E-state index in [1.807, 2.05) is 11.3 Å². The van der Waals surface area contributed by atoms with Gasteiger partial charge in [-0.05, 0) is 50.7 Å². The van der Waals surface area contributed by atoms with Crippen molar-refractivity contribution in [1.82, 2.24) is 9.80 Å². The normalized spacial score (nSPS) is 31.0. The van der Waals surface area contributed by atoms with E-state index < -0.39 is 0 Å². The van der Waals surface area contributed by atoms with Crippen molar-refractivity contribution < 1.29 is 4.74 Å². The van der Waals surface area contributed by atoms with E-state index in [0.29, 0.717) is 0 Å². The van der Waals surface area contributed by atoms with Gasteiger partial charge in [-0.1, -0.05) is 0 Å². The van der Waals surface area contributed by atoms with Gasteiger partial charge in [0, 0.05) is 61.2 Å². The molecule has 4 heteroatoms. The molecule has 3 saturated heterocycles. The smallest absolute Gasteiger partial charge is 0.0469 e. The third-order valence-electron chi connectivity index (χ3n) is 5.79. The Morgan fingerprint density at radius 3 is 2.50 bits per heavy atom. The second-order valence-corrected chi connectivity index (χ2v) is 8.62. The average Bonchev–Trinajstić information content (AvgIpc) is 3.21. The lowest BCUT2D eigenvalue weighted by Gasteiger charge is -2.30. The van der Waals surface area contributed by atoms with Crippen molar-refractivity contribution in [1.29, 1.82) is 0 Å². The quantitative estimate of drug-likeness (QED) is 0.848. The van der Waals surface area contributed by atoms with Crippen LogP contribution in [0.15, 0.2) is 12.1 Å². The lowest BCUT2D eigenvalue weighted by molar-refractivity contribution is 0.0504. The van der Waals surface area contributed by atoms with Gasteiger partial charge in [-0.25, -0.2) is 0 Å². The van der Waals surface area contributed by atoms with Crippen LogP contribution in [0, 0.1) is 12.8 Å². The fraction of sp³-hybridized carbons (Fsp3) is 0.778. The van der Waals surface area contributed by atoms with Gasteiger partial charge in [-0.2, -0.15) is 0 Å². The van der Waals surface area contributed by atoms with Gasteiger partial charge in [0.05, 0.1) is 0 Å². The van der Waals surface area contributed by atoms with Gasteiger partial charge in [0.15, 0.2) is 0 Å². The SMILES string of the molecule is Cc1ccc(CN2CC[C@H]3[C@@H]2CCN3CC2CCOCC2)s1. The molecule has 0 spiro atoms. The molecule has 4 heterocycles. The predicted octanol–water partition coefficient (Wildman–Crippen LogP) is 3.13. The number of aryl methyl sites for hydroxylation is 1. The largest absolute Gasteiger partial charge is 0.381 e. The molecule has 3 nitrogen and oxygen atoms in total. The molecule has 0 saturated carbocycles. The van der Waals surface area contributed by atoms with Gasteiger partial charge in [0.2, 0.25) is 0 Å². The minimum atomic E-state index is 0.808. The number of ether oxygens (including phenoxy) is 1. The fourth-order valence-corrected chi connectivity index (χ4v) is 5.53. The van der Waals surface area contributed by atoms with E-state index in [2.05, 4.69) is 28.9 Å². The molecular weight excluding hydrogens is 292 g/mol. The van der Waals surface area contributed by atoms with E-state index in [1.54, 1.807) is 4.88 Å². The summed E-state index contributed by atoms with van der Waals surface area (Å²) in [6, 6.07) is 6.22. The Kier molecular flexibility index (Phi) is 4.54. The average molecular weight is 321 g/mol. The van der Waals surface area contributed by atoms with Gasteiger partial charge < -0.3 is 4.74 Å². The molecule has 0 radical (unpaired) electrons. The molecule has 3 fully saturated rings. The van der Waals surface area contributed by atoms with Gasteiger partial charge in [-0.3, -0.25) is 9.80 Å². The summed E-state index contributed by atoms with van der Waals surface area (Å²) in [7, 11) is 0. The van der Waals surface area contributed by atoms with Gasteiger partial charge in [0.25, 0.3) is 0 Å². The molecule has 2 atom stereocenters. The van der Waals surface area contributed by atoms with Crippen LogP contribution in [-0.4, -0.2) is 54.7 Å². The van der Waals surface area contributed by atoms with Crippen molar-refractivity contribution in [2.45, 2.75) is 51.2 Å². The summed E-state index contributed by atoms with van der Waals surface area (Å²) in [5, 5.41) is 0. The zero-order chi connectivity index (χ0) is 14.9. The minimum Gasteiger partial charge on any atom is -0.381 e. The van der Waals surface area contributed by atoms with E-state index in [1.165, 1.54) is 56.7 Å². The van der Waals surface area contributed by atoms with Crippen LogP contribution in [0.2, 0.25) is 0 Å². The van der Waals surface area contributed by atoms with E-state index in [9.17, 15) is 0 Å². The van der Waals surface area contributed by atoms with Crippen molar-refractivity contribution in [3.8, 4) is 0 Å². The van der Waals surface area contributed by atoms with Crippen LogP contribution in [0.5, 0.6) is 0 Å². The molecule has 1 aromatic rings. The molecule has 0 amide bonds. The summed E-state index contributed by atoms with van der Waals surface area (Å²) in [4.78, 5) is 8.54. The maximum atomic E-state index is 5.51. The molecule has 122 valence electrons. The number of nitrogens with zero attached hydrogens (tertiary/aromatic N) is 2. The van der Waals surface area contributed by atoms with Crippen LogP contribution in [0.3, 0.4) is 0 Å². The van der Waals surface area contributed by atoms with Crippen molar-refractivity contribution >= 4 is 11.3 Å². The summed E-state index contributed by atoms with van der Waals surface area (Å²) in [5.74, 6) is 0.876. The van der Waals surface area contributed by atoms with Gasteiger partial charge in [-0.15, -0.1) is 11.3 Å². The maximum Gasteiger partial charge on any atom is 0.0469 e. The highest BCUT2D eigenvalue weighted by Crippen LogP contribution is 2.34. The van der Waals surface area contributed by atoms with Crippen LogP contribution >= 0.6 is 11.3 Å². The van der Waals surface area contributed by atoms with Crippen molar-refractivity contribution in [2.24, 2.45) is 5.92 Å². The van der Waals surface area contributed by atoms with Gasteiger partial charge in [0.1, 0.15) is 0 Å². The van der Waals surface area contributed by atoms with Crippen LogP contribution in [0.4, 0.5) is 0 Å². The Hall–Kier alpha value is -0.420. The van der Waals surface area contributed by atoms with Crippen LogP contribution in [0.1, 0.15) is 35.4 Å². The molecule has 3 aliphatic heterocycles. The first kappa shape index (κ1) is 15.1. The first-order valence-electron chi connectivity index (χ1n) is 8.91. The molecule has 0 unspecified atom stereocenters. The highest BCUT2D eigenvalue weighted by molar-refractivity contribution is 7.11. The van der Waals surface area contributed by atoms with E-state index in [4.69, 9.17) is 4.74 Å². The molecule has 0 bridgehead atoms.